The van der Waals surface area contributed by atoms with Gasteiger partial charge in [-0.15, -0.1) is 0 Å². The largest absolute Gasteiger partial charge is 0.480 e. The highest BCUT2D eigenvalue weighted by molar-refractivity contribution is 9.10. The fourth-order valence-electron chi connectivity index (χ4n) is 1.93. The number of carbonyl (C=O) groups is 1. The summed E-state index contributed by atoms with van der Waals surface area (Å²) in [5.41, 5.74) is 1.19. The molecule has 0 bridgehead atoms. The molecule has 0 amide bonds. The minimum Gasteiger partial charge on any atom is -0.480 e. The van der Waals surface area contributed by atoms with Gasteiger partial charge < -0.3 is 5.11 Å². The maximum atomic E-state index is 11.0. The number of hydrogen-bond acceptors (Lipinski definition) is 3. The molecule has 1 aliphatic rings. The molecular formula is C10H12BrNO2S. The van der Waals surface area contributed by atoms with Gasteiger partial charge in [-0.25, -0.2) is 0 Å². The normalized spacial score (nSPS) is 22.1. The molecule has 15 heavy (non-hydrogen) atoms. The van der Waals surface area contributed by atoms with Crippen molar-refractivity contribution in [1.29, 1.82) is 0 Å². The molecule has 2 rings (SSSR count). The van der Waals surface area contributed by atoms with E-state index in [1.165, 1.54) is 5.56 Å². The summed E-state index contributed by atoms with van der Waals surface area (Å²) in [6.45, 7) is 1.63. The molecular weight excluding hydrogens is 278 g/mol. The van der Waals surface area contributed by atoms with Crippen LogP contribution < -0.4 is 0 Å². The van der Waals surface area contributed by atoms with Crippen molar-refractivity contribution in [3.05, 3.63) is 20.8 Å². The van der Waals surface area contributed by atoms with E-state index in [0.29, 0.717) is 0 Å². The summed E-state index contributed by atoms with van der Waals surface area (Å²) in [4.78, 5) is 13.0. The molecule has 5 heteroatoms. The third kappa shape index (κ3) is 2.41. The molecule has 1 aromatic rings. The lowest BCUT2D eigenvalue weighted by Gasteiger charge is -2.20. The average molecular weight is 290 g/mol. The molecule has 3 nitrogen and oxygen atoms in total. The van der Waals surface area contributed by atoms with E-state index >= 15 is 0 Å². The Morgan fingerprint density at radius 3 is 3.07 bits per heavy atom. The summed E-state index contributed by atoms with van der Waals surface area (Å²) in [5, 5.41) is 13.1. The van der Waals surface area contributed by atoms with Crippen LogP contribution in [-0.2, 0) is 11.3 Å². The van der Waals surface area contributed by atoms with Crippen LogP contribution in [0.4, 0.5) is 0 Å². The van der Waals surface area contributed by atoms with Gasteiger partial charge in [0, 0.05) is 16.4 Å². The Morgan fingerprint density at radius 1 is 1.67 bits per heavy atom. The van der Waals surface area contributed by atoms with E-state index in [1.807, 2.05) is 10.3 Å². The summed E-state index contributed by atoms with van der Waals surface area (Å²) < 4.78 is 1.09. The van der Waals surface area contributed by atoms with Crippen molar-refractivity contribution in [2.45, 2.75) is 25.4 Å². The number of hydrogen-bond donors (Lipinski definition) is 1. The molecule has 1 unspecified atom stereocenters. The Bertz CT molecular complexity index is 366. The van der Waals surface area contributed by atoms with Gasteiger partial charge in [0.05, 0.1) is 0 Å². The standard InChI is InChI=1S/C10H12BrNO2S/c11-8-6-15-5-7(8)4-12-3-1-2-9(12)10(13)14/h5-6,9H,1-4H2,(H,13,14). The Balaban J connectivity index is 2.06. The highest BCUT2D eigenvalue weighted by atomic mass is 79.9. The molecule has 1 atom stereocenters. The van der Waals surface area contributed by atoms with Crippen LogP contribution in [0.3, 0.4) is 0 Å². The van der Waals surface area contributed by atoms with Gasteiger partial charge in [-0.05, 0) is 46.3 Å². The van der Waals surface area contributed by atoms with E-state index in [4.69, 9.17) is 5.11 Å². The number of likely N-dealkylation sites (tertiary alicyclic amines) is 1. The number of nitrogens with zero attached hydrogens (tertiary/aromatic N) is 1. The van der Waals surface area contributed by atoms with Crippen LogP contribution in [0.15, 0.2) is 15.2 Å². The monoisotopic (exact) mass is 289 g/mol. The molecule has 1 aromatic heterocycles. The van der Waals surface area contributed by atoms with E-state index in [-0.39, 0.29) is 6.04 Å². The van der Waals surface area contributed by atoms with Gasteiger partial charge in [-0.1, -0.05) is 0 Å². The van der Waals surface area contributed by atoms with E-state index in [2.05, 4.69) is 21.3 Å². The van der Waals surface area contributed by atoms with Crippen LogP contribution in [0.1, 0.15) is 18.4 Å². The Hall–Kier alpha value is -0.390. The molecule has 0 radical (unpaired) electrons. The van der Waals surface area contributed by atoms with E-state index in [9.17, 15) is 4.79 Å². The first kappa shape index (κ1) is 11.1. The van der Waals surface area contributed by atoms with Gasteiger partial charge in [0.2, 0.25) is 0 Å². The lowest BCUT2D eigenvalue weighted by Crippen LogP contribution is -2.35. The second-order valence-electron chi connectivity index (χ2n) is 3.71. The van der Waals surface area contributed by atoms with Gasteiger partial charge in [0.15, 0.2) is 0 Å². The van der Waals surface area contributed by atoms with Crippen LogP contribution in [0.25, 0.3) is 0 Å². The zero-order chi connectivity index (χ0) is 10.8. The molecule has 0 spiro atoms. The Morgan fingerprint density at radius 2 is 2.47 bits per heavy atom. The van der Waals surface area contributed by atoms with Crippen molar-refractivity contribution in [2.75, 3.05) is 6.54 Å². The minimum absolute atomic E-state index is 0.295. The van der Waals surface area contributed by atoms with Crippen molar-refractivity contribution in [2.24, 2.45) is 0 Å². The molecule has 1 aliphatic heterocycles. The second kappa shape index (κ2) is 4.63. The Kier molecular flexibility index (Phi) is 3.43. The van der Waals surface area contributed by atoms with Crippen LogP contribution in [0.5, 0.6) is 0 Å². The molecule has 1 N–H and O–H groups in total. The predicted octanol–water partition coefficient (Wildman–Crippen LogP) is 2.56. The van der Waals surface area contributed by atoms with Crippen molar-refractivity contribution in [1.82, 2.24) is 4.90 Å². The summed E-state index contributed by atoms with van der Waals surface area (Å²) in [7, 11) is 0. The minimum atomic E-state index is -0.696. The lowest BCUT2D eigenvalue weighted by atomic mass is 10.2. The third-order valence-electron chi connectivity index (χ3n) is 2.71. The van der Waals surface area contributed by atoms with Crippen LogP contribution in [0, 0.1) is 0 Å². The smallest absolute Gasteiger partial charge is 0.320 e. The number of halogens is 1. The van der Waals surface area contributed by atoms with Crippen molar-refractivity contribution in [3.63, 3.8) is 0 Å². The number of carboxylic acids is 1. The van der Waals surface area contributed by atoms with Crippen molar-refractivity contribution >= 4 is 33.2 Å². The maximum Gasteiger partial charge on any atom is 0.320 e. The fraction of sp³-hybridized carbons (Fsp3) is 0.500. The van der Waals surface area contributed by atoms with Crippen LogP contribution in [0.2, 0.25) is 0 Å². The van der Waals surface area contributed by atoms with E-state index in [1.54, 1.807) is 11.3 Å². The SMILES string of the molecule is O=C(O)C1CCCN1Cc1cscc1Br. The molecule has 1 saturated heterocycles. The molecule has 82 valence electrons. The average Bonchev–Trinajstić information content (AvgIpc) is 2.77. The second-order valence-corrected chi connectivity index (χ2v) is 5.31. The zero-order valence-electron chi connectivity index (χ0n) is 8.15. The maximum absolute atomic E-state index is 11.0. The van der Waals surface area contributed by atoms with Gasteiger partial charge in [-0.2, -0.15) is 11.3 Å². The van der Waals surface area contributed by atoms with Gasteiger partial charge in [0.25, 0.3) is 0 Å². The van der Waals surface area contributed by atoms with Gasteiger partial charge in [-0.3, -0.25) is 9.69 Å². The topological polar surface area (TPSA) is 40.5 Å². The molecule has 0 saturated carbocycles. The quantitative estimate of drug-likeness (QED) is 0.930. The molecule has 0 aromatic carbocycles. The first-order valence-corrected chi connectivity index (χ1v) is 6.59. The number of aliphatic carboxylic acids is 1. The number of carboxylic acid groups (broad SMARTS) is 1. The van der Waals surface area contributed by atoms with Crippen molar-refractivity contribution < 1.29 is 9.90 Å². The zero-order valence-corrected chi connectivity index (χ0v) is 10.6. The number of thiophene rings is 1. The van der Waals surface area contributed by atoms with Gasteiger partial charge >= 0.3 is 5.97 Å². The highest BCUT2D eigenvalue weighted by Gasteiger charge is 2.30. The van der Waals surface area contributed by atoms with Gasteiger partial charge in [0.1, 0.15) is 6.04 Å². The summed E-state index contributed by atoms with van der Waals surface area (Å²) in [6.07, 6.45) is 1.76. The lowest BCUT2D eigenvalue weighted by molar-refractivity contribution is -0.142. The summed E-state index contributed by atoms with van der Waals surface area (Å²) >= 11 is 5.11. The highest BCUT2D eigenvalue weighted by Crippen LogP contribution is 2.26. The van der Waals surface area contributed by atoms with E-state index in [0.717, 1.165) is 30.4 Å². The van der Waals surface area contributed by atoms with E-state index < -0.39 is 5.97 Å². The summed E-state index contributed by atoms with van der Waals surface area (Å²) in [5.74, 6) is -0.696. The Labute approximate surface area is 101 Å². The molecule has 2 heterocycles. The van der Waals surface area contributed by atoms with Crippen molar-refractivity contribution in [3.8, 4) is 0 Å². The predicted molar refractivity (Wildman–Crippen MR) is 63.1 cm³/mol. The fourth-order valence-corrected chi connectivity index (χ4v) is 3.35. The third-order valence-corrected chi connectivity index (χ3v) is 4.54. The molecule has 0 aliphatic carbocycles. The first-order valence-electron chi connectivity index (χ1n) is 4.86. The first-order chi connectivity index (χ1) is 7.18. The molecule has 1 fully saturated rings. The van der Waals surface area contributed by atoms with Crippen LogP contribution in [-0.4, -0.2) is 28.6 Å². The van der Waals surface area contributed by atoms with Crippen LogP contribution >= 0.6 is 27.3 Å². The number of rotatable bonds is 3. The summed E-state index contributed by atoms with van der Waals surface area (Å²) in [6, 6.07) is -0.295.